The third-order valence-electron chi connectivity index (χ3n) is 2.07. The Kier molecular flexibility index (Phi) is 1.80. The highest BCUT2D eigenvalue weighted by atomic mass is 32.2. The Balaban J connectivity index is 2.52. The molecule has 2 aliphatic rings. The molecule has 4 heteroatoms. The van der Waals surface area contributed by atoms with Crippen molar-refractivity contribution in [2.75, 3.05) is 5.94 Å². The Morgan fingerprint density at radius 3 is 2.92 bits per heavy atom. The normalized spacial score (nSPS) is 29.8. The fourth-order valence-corrected chi connectivity index (χ4v) is 2.55. The van der Waals surface area contributed by atoms with E-state index in [9.17, 15) is 8.42 Å². The summed E-state index contributed by atoms with van der Waals surface area (Å²) < 4.78 is 27.9. The monoisotopic (exact) mass is 198 g/mol. The van der Waals surface area contributed by atoms with Crippen LogP contribution in [0.2, 0.25) is 0 Å². The Morgan fingerprint density at radius 2 is 2.15 bits per heavy atom. The van der Waals surface area contributed by atoms with Crippen molar-refractivity contribution in [1.29, 1.82) is 0 Å². The van der Waals surface area contributed by atoms with Crippen LogP contribution in [-0.2, 0) is 14.6 Å². The van der Waals surface area contributed by atoms with E-state index in [1.165, 1.54) is 0 Å². The molecule has 0 aromatic heterocycles. The Bertz CT molecular complexity index is 412. The van der Waals surface area contributed by atoms with Crippen molar-refractivity contribution in [1.82, 2.24) is 0 Å². The van der Waals surface area contributed by atoms with Gasteiger partial charge in [0.1, 0.15) is 11.0 Å². The number of fused-ring (bicyclic) bond motifs is 1. The van der Waals surface area contributed by atoms with Crippen LogP contribution in [0.5, 0.6) is 0 Å². The molecule has 1 aliphatic carbocycles. The van der Waals surface area contributed by atoms with Crippen LogP contribution in [0.25, 0.3) is 0 Å². The standard InChI is InChI=1S/C9H10O3S/c1-7-2-3-8-5-9(4-7)13(10,11)6-12-8/h2-5,9H,6H2,1H3. The van der Waals surface area contributed by atoms with Gasteiger partial charge in [-0.3, -0.25) is 0 Å². The van der Waals surface area contributed by atoms with Crippen LogP contribution in [0, 0.1) is 0 Å². The lowest BCUT2D eigenvalue weighted by molar-refractivity contribution is 0.270. The molecule has 2 rings (SSSR count). The Labute approximate surface area is 77.3 Å². The summed E-state index contributed by atoms with van der Waals surface area (Å²) in [5.41, 5.74) is 0.949. The highest BCUT2D eigenvalue weighted by Gasteiger charge is 2.28. The maximum absolute atomic E-state index is 11.4. The predicted octanol–water partition coefficient (Wildman–Crippen LogP) is 1.16. The highest BCUT2D eigenvalue weighted by molar-refractivity contribution is 7.92. The van der Waals surface area contributed by atoms with Crippen molar-refractivity contribution < 1.29 is 13.2 Å². The van der Waals surface area contributed by atoms with Gasteiger partial charge in [-0.25, -0.2) is 8.42 Å². The molecule has 0 spiro atoms. The van der Waals surface area contributed by atoms with E-state index in [1.54, 1.807) is 18.2 Å². The molecule has 70 valence electrons. The zero-order chi connectivity index (χ0) is 9.47. The third-order valence-corrected chi connectivity index (χ3v) is 3.62. The first kappa shape index (κ1) is 8.56. The maximum Gasteiger partial charge on any atom is 0.195 e. The minimum atomic E-state index is -3.13. The van der Waals surface area contributed by atoms with E-state index in [0.29, 0.717) is 5.76 Å². The lowest BCUT2D eigenvalue weighted by Gasteiger charge is -2.17. The van der Waals surface area contributed by atoms with E-state index in [-0.39, 0.29) is 5.94 Å². The number of hydrogen-bond acceptors (Lipinski definition) is 3. The predicted molar refractivity (Wildman–Crippen MR) is 49.6 cm³/mol. The Morgan fingerprint density at radius 1 is 1.38 bits per heavy atom. The zero-order valence-corrected chi connectivity index (χ0v) is 8.04. The average Bonchev–Trinajstić information content (AvgIpc) is 2.21. The Hall–Kier alpha value is -1.03. The second-order valence-corrected chi connectivity index (χ2v) is 5.31. The van der Waals surface area contributed by atoms with Gasteiger partial charge in [0.05, 0.1) is 0 Å². The van der Waals surface area contributed by atoms with Crippen molar-refractivity contribution in [2.45, 2.75) is 12.2 Å². The van der Waals surface area contributed by atoms with Gasteiger partial charge in [-0.05, 0) is 19.1 Å². The first-order valence-corrected chi connectivity index (χ1v) is 5.72. The lowest BCUT2D eigenvalue weighted by atomic mass is 10.2. The molecule has 2 bridgehead atoms. The van der Waals surface area contributed by atoms with Crippen LogP contribution < -0.4 is 0 Å². The van der Waals surface area contributed by atoms with Gasteiger partial charge in [-0.2, -0.15) is 0 Å². The summed E-state index contributed by atoms with van der Waals surface area (Å²) >= 11 is 0. The van der Waals surface area contributed by atoms with Crippen LogP contribution in [0.1, 0.15) is 6.92 Å². The SMILES string of the molecule is CC1=CC2C=C(C=C1)OCS2(=O)=O. The maximum atomic E-state index is 11.4. The van der Waals surface area contributed by atoms with Crippen LogP contribution in [0.15, 0.2) is 35.6 Å². The first-order valence-electron chi connectivity index (χ1n) is 4.01. The van der Waals surface area contributed by atoms with Crippen molar-refractivity contribution in [3.8, 4) is 0 Å². The van der Waals surface area contributed by atoms with E-state index in [0.717, 1.165) is 5.57 Å². The van der Waals surface area contributed by atoms with Crippen LogP contribution >= 0.6 is 0 Å². The molecule has 0 saturated carbocycles. The molecule has 1 unspecified atom stereocenters. The molecule has 1 aliphatic heterocycles. The fourth-order valence-electron chi connectivity index (χ4n) is 1.33. The van der Waals surface area contributed by atoms with Gasteiger partial charge in [0, 0.05) is 0 Å². The number of rotatable bonds is 0. The van der Waals surface area contributed by atoms with E-state index < -0.39 is 15.1 Å². The number of allylic oxidation sites excluding steroid dienone is 3. The zero-order valence-electron chi connectivity index (χ0n) is 7.23. The number of ether oxygens (including phenoxy) is 1. The van der Waals surface area contributed by atoms with Crippen molar-refractivity contribution >= 4 is 9.84 Å². The van der Waals surface area contributed by atoms with E-state index in [1.807, 2.05) is 13.0 Å². The van der Waals surface area contributed by atoms with Gasteiger partial charge in [0.2, 0.25) is 0 Å². The number of sulfone groups is 1. The molecule has 0 aromatic carbocycles. The van der Waals surface area contributed by atoms with Crippen molar-refractivity contribution in [3.05, 3.63) is 35.6 Å². The van der Waals surface area contributed by atoms with Gasteiger partial charge in [0.25, 0.3) is 0 Å². The third kappa shape index (κ3) is 1.54. The lowest BCUT2D eigenvalue weighted by Crippen LogP contribution is -2.25. The molecule has 3 nitrogen and oxygen atoms in total. The second-order valence-electron chi connectivity index (χ2n) is 3.20. The summed E-state index contributed by atoms with van der Waals surface area (Å²) in [7, 11) is -3.13. The summed E-state index contributed by atoms with van der Waals surface area (Å²) in [5.74, 6) is 0.436. The molecule has 0 saturated heterocycles. The van der Waals surface area contributed by atoms with Crippen LogP contribution in [0.3, 0.4) is 0 Å². The summed E-state index contributed by atoms with van der Waals surface area (Å²) in [4.78, 5) is 0. The topological polar surface area (TPSA) is 43.4 Å². The quantitative estimate of drug-likeness (QED) is 0.586. The van der Waals surface area contributed by atoms with Crippen molar-refractivity contribution in [3.63, 3.8) is 0 Å². The van der Waals surface area contributed by atoms with Crippen LogP contribution in [0.4, 0.5) is 0 Å². The van der Waals surface area contributed by atoms with Gasteiger partial charge in [0.15, 0.2) is 15.8 Å². The van der Waals surface area contributed by atoms with Gasteiger partial charge >= 0.3 is 0 Å². The molecule has 0 aromatic rings. The molecule has 0 radical (unpaired) electrons. The molecular formula is C9H10O3S. The average molecular weight is 198 g/mol. The molecule has 0 fully saturated rings. The van der Waals surface area contributed by atoms with E-state index in [4.69, 9.17) is 4.74 Å². The summed E-state index contributed by atoms with van der Waals surface area (Å²) in [6, 6.07) is 0. The molecule has 1 heterocycles. The smallest absolute Gasteiger partial charge is 0.195 e. The molecule has 13 heavy (non-hydrogen) atoms. The van der Waals surface area contributed by atoms with Crippen molar-refractivity contribution in [2.24, 2.45) is 0 Å². The molecular weight excluding hydrogens is 188 g/mol. The minimum Gasteiger partial charge on any atom is -0.478 e. The summed E-state index contributed by atoms with van der Waals surface area (Å²) in [6.45, 7) is 1.88. The highest BCUT2D eigenvalue weighted by Crippen LogP contribution is 2.22. The number of hydrogen-bond donors (Lipinski definition) is 0. The minimum absolute atomic E-state index is 0.211. The van der Waals surface area contributed by atoms with Gasteiger partial charge < -0.3 is 4.74 Å². The summed E-state index contributed by atoms with van der Waals surface area (Å²) in [5, 5.41) is -0.508. The summed E-state index contributed by atoms with van der Waals surface area (Å²) in [6.07, 6.45) is 7.01. The molecule has 0 N–H and O–H groups in total. The fraction of sp³-hybridized carbons (Fsp3) is 0.333. The largest absolute Gasteiger partial charge is 0.478 e. The first-order chi connectivity index (χ1) is 6.08. The van der Waals surface area contributed by atoms with E-state index in [2.05, 4.69) is 0 Å². The molecule has 1 atom stereocenters. The van der Waals surface area contributed by atoms with Crippen LogP contribution in [-0.4, -0.2) is 19.6 Å². The second kappa shape index (κ2) is 2.73. The van der Waals surface area contributed by atoms with Gasteiger partial charge in [-0.1, -0.05) is 17.7 Å². The molecule has 0 amide bonds. The van der Waals surface area contributed by atoms with Gasteiger partial charge in [-0.15, -0.1) is 0 Å². The van der Waals surface area contributed by atoms with E-state index >= 15 is 0 Å².